The lowest BCUT2D eigenvalue weighted by Crippen LogP contribution is -2.14. The van der Waals surface area contributed by atoms with Gasteiger partial charge >= 0.3 is 12.3 Å². The minimum absolute atomic E-state index is 0.320. The van der Waals surface area contributed by atoms with Crippen molar-refractivity contribution in [2.45, 2.75) is 91.9 Å². The van der Waals surface area contributed by atoms with Crippen LogP contribution in [0.3, 0.4) is 0 Å². The van der Waals surface area contributed by atoms with E-state index in [-0.39, 0.29) is 0 Å². The number of carbonyl (C=O) groups is 2. The van der Waals surface area contributed by atoms with E-state index in [1.807, 2.05) is 36.4 Å². The monoisotopic (exact) mass is 522 g/mol. The zero-order valence-corrected chi connectivity index (χ0v) is 23.4. The number of aryl methyl sites for hydroxylation is 2. The van der Waals surface area contributed by atoms with E-state index >= 15 is 0 Å². The molecule has 206 valence electrons. The normalized spacial score (nSPS) is 11.1. The second kappa shape index (κ2) is 15.2. The summed E-state index contributed by atoms with van der Waals surface area (Å²) in [6.45, 7) is 9.05. The lowest BCUT2D eigenvalue weighted by atomic mass is 9.96. The Kier molecular flexibility index (Phi) is 11.7. The first-order valence-corrected chi connectivity index (χ1v) is 14.2. The van der Waals surface area contributed by atoms with Gasteiger partial charge in [-0.15, -0.1) is 0 Å². The molecule has 0 aliphatic rings. The van der Waals surface area contributed by atoms with Crippen LogP contribution in [-0.4, -0.2) is 25.5 Å². The first-order valence-electron chi connectivity index (χ1n) is 14.2. The number of carbonyl (C=O) groups excluding carboxylic acids is 2. The Morgan fingerprint density at radius 1 is 0.553 bits per heavy atom. The third kappa shape index (κ3) is 7.86. The van der Waals surface area contributed by atoms with Crippen LogP contribution in [0.4, 0.5) is 9.59 Å². The number of hydrogen-bond donors (Lipinski definition) is 0. The highest BCUT2D eigenvalue weighted by atomic mass is 16.7. The molecule has 0 fully saturated rings. The Bertz CT molecular complexity index is 1120. The van der Waals surface area contributed by atoms with Gasteiger partial charge in [-0.05, 0) is 48.9 Å². The van der Waals surface area contributed by atoms with Crippen molar-refractivity contribution in [2.75, 3.05) is 13.2 Å². The molecule has 6 nitrogen and oxygen atoms in total. The summed E-state index contributed by atoms with van der Waals surface area (Å²) in [4.78, 5) is 25.4. The lowest BCUT2D eigenvalue weighted by Gasteiger charge is -2.17. The highest BCUT2D eigenvalue weighted by Gasteiger charge is 2.22. The first-order chi connectivity index (χ1) is 18.5. The summed E-state index contributed by atoms with van der Waals surface area (Å²) in [5.41, 5.74) is 2.15. The molecule has 0 atom stereocenters. The van der Waals surface area contributed by atoms with E-state index in [1.54, 1.807) is 0 Å². The Labute approximate surface area is 226 Å². The van der Waals surface area contributed by atoms with Crippen LogP contribution in [-0.2, 0) is 22.3 Å². The summed E-state index contributed by atoms with van der Waals surface area (Å²) in [6, 6.07) is 11.8. The molecule has 0 amide bonds. The van der Waals surface area contributed by atoms with Crippen molar-refractivity contribution in [1.29, 1.82) is 0 Å². The van der Waals surface area contributed by atoms with Crippen molar-refractivity contribution in [2.24, 2.45) is 0 Å². The number of ether oxygens (including phenoxy) is 4. The standard InChI is InChI=1S/C32H42O6/c1-5-9-11-13-19-35-31(33)37-29-25-17-15-24(8-4)22-28(25)30(26-18-16-23(7-3)21-27(26)29)38-32(34)36-20-14-12-10-6-2/h15-18,21-22H,5-14,19-20H2,1-4H3. The fourth-order valence-corrected chi connectivity index (χ4v) is 4.50. The molecule has 0 saturated heterocycles. The van der Waals surface area contributed by atoms with Crippen LogP contribution in [0.2, 0.25) is 0 Å². The molecule has 0 unspecified atom stereocenters. The predicted octanol–water partition coefficient (Wildman–Crippen LogP) is 9.31. The van der Waals surface area contributed by atoms with Crippen molar-refractivity contribution in [1.82, 2.24) is 0 Å². The summed E-state index contributed by atoms with van der Waals surface area (Å²) in [5.74, 6) is 0.818. The summed E-state index contributed by atoms with van der Waals surface area (Å²) >= 11 is 0. The maximum absolute atomic E-state index is 12.7. The molecule has 0 N–H and O–H groups in total. The number of rotatable bonds is 14. The van der Waals surface area contributed by atoms with Crippen LogP contribution in [0.5, 0.6) is 11.5 Å². The number of benzene rings is 3. The van der Waals surface area contributed by atoms with Crippen LogP contribution >= 0.6 is 0 Å². The zero-order valence-electron chi connectivity index (χ0n) is 23.4. The van der Waals surface area contributed by atoms with Crippen molar-refractivity contribution in [3.05, 3.63) is 47.5 Å². The molecular formula is C32H42O6. The maximum Gasteiger partial charge on any atom is 0.513 e. The summed E-state index contributed by atoms with van der Waals surface area (Å²) in [5, 5.41) is 2.73. The van der Waals surface area contributed by atoms with E-state index in [4.69, 9.17) is 18.9 Å². The fraction of sp³-hybridized carbons (Fsp3) is 0.500. The highest BCUT2D eigenvalue weighted by molar-refractivity contribution is 6.12. The van der Waals surface area contributed by atoms with Gasteiger partial charge in [0.15, 0.2) is 0 Å². The van der Waals surface area contributed by atoms with Crippen molar-refractivity contribution in [3.63, 3.8) is 0 Å². The Hall–Kier alpha value is -3.28. The van der Waals surface area contributed by atoms with Crippen molar-refractivity contribution >= 4 is 33.9 Å². The minimum atomic E-state index is -0.731. The molecule has 0 bridgehead atoms. The molecule has 0 heterocycles. The van der Waals surface area contributed by atoms with E-state index in [9.17, 15) is 9.59 Å². The maximum atomic E-state index is 12.7. The largest absolute Gasteiger partial charge is 0.513 e. The molecule has 0 spiro atoms. The van der Waals surface area contributed by atoms with Crippen LogP contribution in [0.25, 0.3) is 21.5 Å². The van der Waals surface area contributed by atoms with Gasteiger partial charge in [-0.25, -0.2) is 9.59 Å². The average molecular weight is 523 g/mol. The molecule has 3 rings (SSSR count). The molecule has 0 aliphatic heterocycles. The number of unbranched alkanes of at least 4 members (excludes halogenated alkanes) is 6. The van der Waals surface area contributed by atoms with Gasteiger partial charge < -0.3 is 18.9 Å². The van der Waals surface area contributed by atoms with E-state index in [1.165, 1.54) is 0 Å². The molecule has 0 saturated carbocycles. The Balaban J connectivity index is 2.00. The van der Waals surface area contributed by atoms with Crippen LogP contribution in [0.15, 0.2) is 36.4 Å². The van der Waals surface area contributed by atoms with Crippen LogP contribution in [0, 0.1) is 0 Å². The highest BCUT2D eigenvalue weighted by Crippen LogP contribution is 2.44. The smallest absolute Gasteiger partial charge is 0.434 e. The van der Waals surface area contributed by atoms with Crippen molar-refractivity contribution < 1.29 is 28.5 Å². The molecule has 0 aromatic heterocycles. The number of hydrogen-bond acceptors (Lipinski definition) is 6. The summed E-state index contributed by atoms with van der Waals surface area (Å²) in [6.07, 6.45) is 8.22. The minimum Gasteiger partial charge on any atom is -0.434 e. The van der Waals surface area contributed by atoms with Gasteiger partial charge in [-0.1, -0.05) is 90.5 Å². The van der Waals surface area contributed by atoms with E-state index in [0.717, 1.165) is 75.3 Å². The molecule has 3 aromatic carbocycles. The second-order valence-corrected chi connectivity index (χ2v) is 9.65. The quantitative estimate of drug-likeness (QED) is 0.0909. The van der Waals surface area contributed by atoms with Gasteiger partial charge in [0, 0.05) is 21.5 Å². The van der Waals surface area contributed by atoms with Crippen LogP contribution in [0.1, 0.15) is 90.2 Å². The lowest BCUT2D eigenvalue weighted by molar-refractivity contribution is 0.0965. The van der Waals surface area contributed by atoms with Gasteiger partial charge in [0.1, 0.15) is 11.5 Å². The van der Waals surface area contributed by atoms with E-state index in [2.05, 4.69) is 27.7 Å². The fourth-order valence-electron chi connectivity index (χ4n) is 4.50. The predicted molar refractivity (Wildman–Crippen MR) is 152 cm³/mol. The van der Waals surface area contributed by atoms with Gasteiger partial charge in [-0.2, -0.15) is 0 Å². The van der Waals surface area contributed by atoms with E-state index in [0.29, 0.717) is 46.3 Å². The molecule has 0 aliphatic carbocycles. The van der Waals surface area contributed by atoms with Crippen LogP contribution < -0.4 is 9.47 Å². The average Bonchev–Trinajstić information content (AvgIpc) is 2.93. The molecule has 38 heavy (non-hydrogen) atoms. The third-order valence-electron chi connectivity index (χ3n) is 6.77. The van der Waals surface area contributed by atoms with Crippen molar-refractivity contribution in [3.8, 4) is 11.5 Å². The summed E-state index contributed by atoms with van der Waals surface area (Å²) in [7, 11) is 0. The topological polar surface area (TPSA) is 71.1 Å². The third-order valence-corrected chi connectivity index (χ3v) is 6.77. The zero-order chi connectivity index (χ0) is 27.3. The van der Waals surface area contributed by atoms with Gasteiger partial charge in [0.2, 0.25) is 0 Å². The van der Waals surface area contributed by atoms with Gasteiger partial charge in [-0.3, -0.25) is 0 Å². The van der Waals surface area contributed by atoms with Gasteiger partial charge in [0.25, 0.3) is 0 Å². The first kappa shape index (κ1) is 29.3. The number of fused-ring (bicyclic) bond motifs is 2. The second-order valence-electron chi connectivity index (χ2n) is 9.65. The van der Waals surface area contributed by atoms with E-state index < -0.39 is 12.3 Å². The molecule has 0 radical (unpaired) electrons. The summed E-state index contributed by atoms with van der Waals surface area (Å²) < 4.78 is 22.5. The molecular weight excluding hydrogens is 480 g/mol. The molecule has 3 aromatic rings. The Morgan fingerprint density at radius 3 is 1.34 bits per heavy atom. The molecule has 6 heteroatoms. The SMILES string of the molecule is CCCCCCOC(=O)Oc1c2ccc(CC)cc2c(OC(=O)OCCCCCC)c2ccc(CC)cc12. The van der Waals surface area contributed by atoms with Gasteiger partial charge in [0.05, 0.1) is 13.2 Å². The Morgan fingerprint density at radius 2 is 0.974 bits per heavy atom.